The normalized spacial score (nSPS) is 13.0. The third kappa shape index (κ3) is 2.85. The van der Waals surface area contributed by atoms with Gasteiger partial charge in [-0.1, -0.05) is 30.3 Å². The highest BCUT2D eigenvalue weighted by molar-refractivity contribution is 6.01. The average molecular weight is 280 g/mol. The molecule has 1 aromatic heterocycles. The van der Waals surface area contributed by atoms with E-state index in [0.29, 0.717) is 5.56 Å². The molecule has 104 valence electrons. The van der Waals surface area contributed by atoms with Crippen molar-refractivity contribution in [3.63, 3.8) is 0 Å². The first-order valence-corrected chi connectivity index (χ1v) is 5.77. The highest BCUT2D eigenvalue weighted by Crippen LogP contribution is 2.32. The Labute approximate surface area is 113 Å². The van der Waals surface area contributed by atoms with Crippen molar-refractivity contribution in [2.75, 3.05) is 0 Å². The summed E-state index contributed by atoms with van der Waals surface area (Å²) in [5.41, 5.74) is 4.65. The Morgan fingerprint density at radius 2 is 1.80 bits per heavy atom. The maximum atomic E-state index is 12.9. The van der Waals surface area contributed by atoms with Gasteiger partial charge in [-0.2, -0.15) is 13.2 Å². The van der Waals surface area contributed by atoms with Gasteiger partial charge in [0.15, 0.2) is 5.78 Å². The Kier molecular flexibility index (Phi) is 3.85. The molecule has 2 aromatic rings. The second kappa shape index (κ2) is 5.42. The number of Topliss-reactive ketones (excluding diaryl/α,β-unsaturated/α-hetero) is 1. The molecule has 0 unspecified atom stereocenters. The largest absolute Gasteiger partial charge is 0.417 e. The van der Waals surface area contributed by atoms with Crippen LogP contribution in [0.2, 0.25) is 0 Å². The van der Waals surface area contributed by atoms with E-state index >= 15 is 0 Å². The summed E-state index contributed by atoms with van der Waals surface area (Å²) in [6, 6.07) is 7.85. The van der Waals surface area contributed by atoms with Gasteiger partial charge in [0, 0.05) is 12.4 Å². The molecule has 0 amide bonds. The van der Waals surface area contributed by atoms with Crippen LogP contribution in [0.1, 0.15) is 27.5 Å². The van der Waals surface area contributed by atoms with Crippen molar-refractivity contribution < 1.29 is 18.0 Å². The zero-order valence-electron chi connectivity index (χ0n) is 10.3. The van der Waals surface area contributed by atoms with Gasteiger partial charge in [0.1, 0.15) is 0 Å². The van der Waals surface area contributed by atoms with Crippen molar-refractivity contribution in [3.8, 4) is 0 Å². The van der Waals surface area contributed by atoms with E-state index in [1.54, 1.807) is 30.3 Å². The van der Waals surface area contributed by atoms with Crippen LogP contribution >= 0.6 is 0 Å². The van der Waals surface area contributed by atoms with Crippen molar-refractivity contribution in [1.29, 1.82) is 0 Å². The minimum atomic E-state index is -4.62. The Bertz CT molecular complexity index is 611. The Balaban J connectivity index is 2.40. The van der Waals surface area contributed by atoms with Gasteiger partial charge in [-0.25, -0.2) is 0 Å². The first-order chi connectivity index (χ1) is 9.41. The van der Waals surface area contributed by atoms with Crippen molar-refractivity contribution in [3.05, 3.63) is 65.5 Å². The van der Waals surface area contributed by atoms with Crippen LogP contribution in [0.25, 0.3) is 0 Å². The molecule has 0 fully saturated rings. The van der Waals surface area contributed by atoms with Crippen LogP contribution in [0.5, 0.6) is 0 Å². The second-order valence-corrected chi connectivity index (χ2v) is 4.17. The van der Waals surface area contributed by atoms with Crippen molar-refractivity contribution in [2.24, 2.45) is 5.73 Å². The fourth-order valence-corrected chi connectivity index (χ4v) is 1.82. The molecular weight excluding hydrogens is 269 g/mol. The number of ketones is 1. The molecular formula is C14H11F3N2O. The standard InChI is InChI=1S/C14H11F3N2O/c15-14(16,17)11-6-7-19-8-10(11)13(20)12(18)9-4-2-1-3-5-9/h1-8,12H,18H2/t12-/m1/s1. The van der Waals surface area contributed by atoms with E-state index < -0.39 is 29.1 Å². The molecule has 0 radical (unpaired) electrons. The molecule has 2 N–H and O–H groups in total. The van der Waals surface area contributed by atoms with Crippen LogP contribution in [0, 0.1) is 0 Å². The summed E-state index contributed by atoms with van der Waals surface area (Å²) in [6.07, 6.45) is -2.73. The van der Waals surface area contributed by atoms with Gasteiger partial charge in [-0.15, -0.1) is 0 Å². The topological polar surface area (TPSA) is 56.0 Å². The van der Waals surface area contributed by atoms with E-state index in [1.165, 1.54) is 0 Å². The summed E-state index contributed by atoms with van der Waals surface area (Å²) >= 11 is 0. The predicted molar refractivity (Wildman–Crippen MR) is 66.9 cm³/mol. The van der Waals surface area contributed by atoms with Gasteiger partial charge >= 0.3 is 6.18 Å². The molecule has 1 aromatic carbocycles. The summed E-state index contributed by atoms with van der Waals surface area (Å²) in [6.45, 7) is 0. The van der Waals surface area contributed by atoms with E-state index in [9.17, 15) is 18.0 Å². The molecule has 1 heterocycles. The molecule has 0 aliphatic carbocycles. The highest BCUT2D eigenvalue weighted by Gasteiger charge is 2.36. The number of pyridine rings is 1. The van der Waals surface area contributed by atoms with Gasteiger partial charge in [0.25, 0.3) is 0 Å². The summed E-state index contributed by atoms with van der Waals surface area (Å²) in [4.78, 5) is 15.7. The van der Waals surface area contributed by atoms with E-state index in [1.807, 2.05) is 0 Å². The second-order valence-electron chi connectivity index (χ2n) is 4.17. The zero-order chi connectivity index (χ0) is 14.8. The lowest BCUT2D eigenvalue weighted by atomic mass is 9.96. The molecule has 2 rings (SSSR count). The summed E-state index contributed by atoms with van der Waals surface area (Å²) in [5, 5.41) is 0. The van der Waals surface area contributed by atoms with Gasteiger partial charge in [-0.05, 0) is 11.6 Å². The third-order valence-corrected chi connectivity index (χ3v) is 2.83. The zero-order valence-corrected chi connectivity index (χ0v) is 10.3. The van der Waals surface area contributed by atoms with Gasteiger partial charge in [-0.3, -0.25) is 9.78 Å². The van der Waals surface area contributed by atoms with Gasteiger partial charge in [0.2, 0.25) is 0 Å². The number of hydrogen-bond acceptors (Lipinski definition) is 3. The molecule has 0 aliphatic heterocycles. The van der Waals surface area contributed by atoms with E-state index in [0.717, 1.165) is 18.5 Å². The summed E-state index contributed by atoms with van der Waals surface area (Å²) < 4.78 is 38.6. The minimum Gasteiger partial charge on any atom is -0.318 e. The van der Waals surface area contributed by atoms with Crippen LogP contribution in [0.3, 0.4) is 0 Å². The quantitative estimate of drug-likeness (QED) is 0.879. The Morgan fingerprint density at radius 3 is 2.40 bits per heavy atom. The number of hydrogen-bond donors (Lipinski definition) is 1. The molecule has 1 atom stereocenters. The molecule has 3 nitrogen and oxygen atoms in total. The Hall–Kier alpha value is -2.21. The molecule has 0 bridgehead atoms. The molecule has 0 spiro atoms. The monoisotopic (exact) mass is 280 g/mol. The molecule has 6 heteroatoms. The molecule has 0 saturated carbocycles. The maximum Gasteiger partial charge on any atom is 0.417 e. The van der Waals surface area contributed by atoms with Crippen molar-refractivity contribution in [1.82, 2.24) is 4.98 Å². The van der Waals surface area contributed by atoms with Crippen LogP contribution < -0.4 is 5.73 Å². The molecule has 20 heavy (non-hydrogen) atoms. The number of carbonyl (C=O) groups is 1. The van der Waals surface area contributed by atoms with Crippen LogP contribution in [-0.4, -0.2) is 10.8 Å². The third-order valence-electron chi connectivity index (χ3n) is 2.83. The number of nitrogens with two attached hydrogens (primary N) is 1. The lowest BCUT2D eigenvalue weighted by Gasteiger charge is -2.15. The van der Waals surface area contributed by atoms with Crippen LogP contribution in [-0.2, 0) is 6.18 Å². The van der Waals surface area contributed by atoms with Crippen molar-refractivity contribution >= 4 is 5.78 Å². The Morgan fingerprint density at radius 1 is 1.15 bits per heavy atom. The highest BCUT2D eigenvalue weighted by atomic mass is 19.4. The number of aromatic nitrogens is 1. The predicted octanol–water partition coefficient (Wildman–Crippen LogP) is 2.98. The first-order valence-electron chi connectivity index (χ1n) is 5.77. The number of rotatable bonds is 3. The molecule has 0 aliphatic rings. The van der Waals surface area contributed by atoms with Crippen LogP contribution in [0.4, 0.5) is 13.2 Å². The van der Waals surface area contributed by atoms with Gasteiger partial charge in [0.05, 0.1) is 17.2 Å². The number of nitrogens with zero attached hydrogens (tertiary/aromatic N) is 1. The van der Waals surface area contributed by atoms with E-state index in [4.69, 9.17) is 5.73 Å². The lowest BCUT2D eigenvalue weighted by molar-refractivity contribution is -0.138. The number of benzene rings is 1. The molecule has 0 saturated heterocycles. The summed E-state index contributed by atoms with van der Waals surface area (Å²) in [7, 11) is 0. The van der Waals surface area contributed by atoms with Crippen LogP contribution in [0.15, 0.2) is 48.8 Å². The lowest BCUT2D eigenvalue weighted by Crippen LogP contribution is -2.24. The first kappa shape index (κ1) is 14.2. The number of carbonyl (C=O) groups excluding carboxylic acids is 1. The fourth-order valence-electron chi connectivity index (χ4n) is 1.82. The number of alkyl halides is 3. The minimum absolute atomic E-state index is 0.453. The number of halogens is 3. The smallest absolute Gasteiger partial charge is 0.318 e. The average Bonchev–Trinajstić information content (AvgIpc) is 2.46. The van der Waals surface area contributed by atoms with Gasteiger partial charge < -0.3 is 5.73 Å². The van der Waals surface area contributed by atoms with Crippen molar-refractivity contribution in [2.45, 2.75) is 12.2 Å². The van der Waals surface area contributed by atoms with E-state index in [2.05, 4.69) is 4.98 Å². The van der Waals surface area contributed by atoms with E-state index in [-0.39, 0.29) is 0 Å². The maximum absolute atomic E-state index is 12.9. The fraction of sp³-hybridized carbons (Fsp3) is 0.143. The summed E-state index contributed by atoms with van der Waals surface area (Å²) in [5.74, 6) is -0.809. The SMILES string of the molecule is N[C@@H](C(=O)c1cnccc1C(F)(F)F)c1ccccc1.